The highest BCUT2D eigenvalue weighted by Crippen LogP contribution is 2.19. The second-order valence-corrected chi connectivity index (χ2v) is 5.46. The van der Waals surface area contributed by atoms with Crippen LogP contribution < -0.4 is 10.6 Å². The summed E-state index contributed by atoms with van der Waals surface area (Å²) < 4.78 is 0. The summed E-state index contributed by atoms with van der Waals surface area (Å²) in [6.07, 6.45) is 2.68. The van der Waals surface area contributed by atoms with Gasteiger partial charge in [0.25, 0.3) is 0 Å². The Labute approximate surface area is 127 Å². The molecule has 1 amide bonds. The van der Waals surface area contributed by atoms with Crippen LogP contribution >= 0.6 is 12.4 Å². The maximum atomic E-state index is 12.0. The largest absolute Gasteiger partial charge is 0.352 e. The minimum absolute atomic E-state index is 0. The van der Waals surface area contributed by atoms with E-state index in [4.69, 9.17) is 0 Å². The molecule has 20 heavy (non-hydrogen) atoms. The van der Waals surface area contributed by atoms with Gasteiger partial charge in [0.05, 0.1) is 0 Å². The third-order valence-electron chi connectivity index (χ3n) is 3.87. The molecule has 0 bridgehead atoms. The van der Waals surface area contributed by atoms with E-state index in [9.17, 15) is 4.79 Å². The van der Waals surface area contributed by atoms with Gasteiger partial charge in [0.1, 0.15) is 0 Å². The summed E-state index contributed by atoms with van der Waals surface area (Å²) in [6, 6.07) is 8.93. The van der Waals surface area contributed by atoms with E-state index in [1.165, 1.54) is 11.1 Å². The smallest absolute Gasteiger partial charge is 0.220 e. The zero-order valence-corrected chi connectivity index (χ0v) is 13.1. The summed E-state index contributed by atoms with van der Waals surface area (Å²) in [7, 11) is 0. The van der Waals surface area contributed by atoms with Crippen LogP contribution in [-0.4, -0.2) is 25.0 Å². The first kappa shape index (κ1) is 17.0. The summed E-state index contributed by atoms with van der Waals surface area (Å²) >= 11 is 0. The number of hydrogen-bond acceptors (Lipinski definition) is 2. The van der Waals surface area contributed by atoms with Crippen molar-refractivity contribution in [2.75, 3.05) is 13.1 Å². The minimum atomic E-state index is 0. The predicted octanol–water partition coefficient (Wildman–Crippen LogP) is 2.64. The number of benzene rings is 1. The molecular weight excluding hydrogens is 272 g/mol. The number of amides is 1. The SMILES string of the molecule is CCc1ccc(C(C)CC(=O)NC2CCNC2)cc1.Cl. The third kappa shape index (κ3) is 4.80. The van der Waals surface area contributed by atoms with Crippen molar-refractivity contribution in [1.29, 1.82) is 0 Å². The molecule has 1 heterocycles. The molecule has 0 spiro atoms. The molecular formula is C16H25ClN2O. The highest BCUT2D eigenvalue weighted by molar-refractivity contribution is 5.85. The van der Waals surface area contributed by atoms with Crippen molar-refractivity contribution in [1.82, 2.24) is 10.6 Å². The summed E-state index contributed by atoms with van der Waals surface area (Å²) in [5, 5.41) is 6.36. The number of carbonyl (C=O) groups excluding carboxylic acids is 1. The van der Waals surface area contributed by atoms with Gasteiger partial charge < -0.3 is 10.6 Å². The summed E-state index contributed by atoms with van der Waals surface area (Å²) in [6.45, 7) is 6.19. The van der Waals surface area contributed by atoms with Crippen molar-refractivity contribution >= 4 is 18.3 Å². The molecule has 2 unspecified atom stereocenters. The first-order chi connectivity index (χ1) is 9.19. The Bertz CT molecular complexity index is 413. The lowest BCUT2D eigenvalue weighted by Crippen LogP contribution is -2.36. The van der Waals surface area contributed by atoms with Crippen LogP contribution in [-0.2, 0) is 11.2 Å². The lowest BCUT2D eigenvalue weighted by Gasteiger charge is -2.15. The highest BCUT2D eigenvalue weighted by Gasteiger charge is 2.18. The topological polar surface area (TPSA) is 41.1 Å². The third-order valence-corrected chi connectivity index (χ3v) is 3.87. The standard InChI is InChI=1S/C16H24N2O.ClH/c1-3-13-4-6-14(7-5-13)12(2)10-16(19)18-15-8-9-17-11-15;/h4-7,12,15,17H,3,8-11H2,1-2H3,(H,18,19);1H. The molecule has 1 saturated heterocycles. The number of aryl methyl sites for hydroxylation is 1. The van der Waals surface area contributed by atoms with Crippen LogP contribution in [0.1, 0.15) is 43.7 Å². The van der Waals surface area contributed by atoms with Crippen molar-refractivity contribution in [3.05, 3.63) is 35.4 Å². The lowest BCUT2D eigenvalue weighted by molar-refractivity contribution is -0.122. The fourth-order valence-electron chi connectivity index (χ4n) is 2.54. The van der Waals surface area contributed by atoms with E-state index in [0.717, 1.165) is 25.9 Å². The molecule has 2 atom stereocenters. The molecule has 3 nitrogen and oxygen atoms in total. The van der Waals surface area contributed by atoms with E-state index in [0.29, 0.717) is 12.5 Å². The van der Waals surface area contributed by atoms with Gasteiger partial charge in [-0.25, -0.2) is 0 Å². The van der Waals surface area contributed by atoms with Crippen molar-refractivity contribution in [3.8, 4) is 0 Å². The average Bonchev–Trinajstić information content (AvgIpc) is 2.91. The normalized spacial score (nSPS) is 19.2. The van der Waals surface area contributed by atoms with Crippen LogP contribution in [0.25, 0.3) is 0 Å². The molecule has 1 aromatic carbocycles. The van der Waals surface area contributed by atoms with E-state index in [2.05, 4.69) is 48.7 Å². The molecule has 0 aromatic heterocycles. The fourth-order valence-corrected chi connectivity index (χ4v) is 2.54. The van der Waals surface area contributed by atoms with Crippen molar-refractivity contribution in [2.45, 2.75) is 45.1 Å². The Kier molecular flexibility index (Phi) is 7.03. The van der Waals surface area contributed by atoms with E-state index < -0.39 is 0 Å². The maximum Gasteiger partial charge on any atom is 0.220 e. The van der Waals surface area contributed by atoms with E-state index >= 15 is 0 Å². The lowest BCUT2D eigenvalue weighted by atomic mass is 9.96. The first-order valence-electron chi connectivity index (χ1n) is 7.28. The molecule has 1 aromatic rings. The van der Waals surface area contributed by atoms with E-state index in [1.54, 1.807) is 0 Å². The Morgan fingerprint density at radius 3 is 2.65 bits per heavy atom. The van der Waals surface area contributed by atoms with Crippen molar-refractivity contribution in [2.24, 2.45) is 0 Å². The van der Waals surface area contributed by atoms with Gasteiger partial charge in [-0.15, -0.1) is 12.4 Å². The highest BCUT2D eigenvalue weighted by atomic mass is 35.5. The fraction of sp³-hybridized carbons (Fsp3) is 0.562. The van der Waals surface area contributed by atoms with Crippen LogP contribution in [0.5, 0.6) is 0 Å². The molecule has 2 rings (SSSR count). The second kappa shape index (κ2) is 8.28. The van der Waals surface area contributed by atoms with Crippen LogP contribution in [0.2, 0.25) is 0 Å². The number of nitrogens with one attached hydrogen (secondary N) is 2. The molecule has 0 saturated carbocycles. The maximum absolute atomic E-state index is 12.0. The second-order valence-electron chi connectivity index (χ2n) is 5.46. The van der Waals surface area contributed by atoms with Crippen LogP contribution in [0.4, 0.5) is 0 Å². The average molecular weight is 297 g/mol. The van der Waals surface area contributed by atoms with Crippen molar-refractivity contribution in [3.63, 3.8) is 0 Å². The molecule has 112 valence electrons. The van der Waals surface area contributed by atoms with Gasteiger partial charge >= 0.3 is 0 Å². The van der Waals surface area contributed by atoms with Crippen LogP contribution in [0, 0.1) is 0 Å². The number of hydrogen-bond donors (Lipinski definition) is 2. The zero-order chi connectivity index (χ0) is 13.7. The van der Waals surface area contributed by atoms with Gasteiger partial charge in [-0.1, -0.05) is 38.1 Å². The number of rotatable bonds is 5. The summed E-state index contributed by atoms with van der Waals surface area (Å²) in [4.78, 5) is 12.0. The van der Waals surface area contributed by atoms with E-state index in [-0.39, 0.29) is 24.2 Å². The number of carbonyl (C=O) groups is 1. The van der Waals surface area contributed by atoms with E-state index in [1.807, 2.05) is 0 Å². The first-order valence-corrected chi connectivity index (χ1v) is 7.28. The molecule has 1 aliphatic heterocycles. The Balaban J connectivity index is 0.00000200. The van der Waals surface area contributed by atoms with Gasteiger partial charge in [-0.2, -0.15) is 0 Å². The molecule has 0 radical (unpaired) electrons. The minimum Gasteiger partial charge on any atom is -0.352 e. The van der Waals surface area contributed by atoms with Gasteiger partial charge in [0, 0.05) is 19.0 Å². The predicted molar refractivity (Wildman–Crippen MR) is 85.5 cm³/mol. The zero-order valence-electron chi connectivity index (χ0n) is 12.3. The van der Waals surface area contributed by atoms with Crippen LogP contribution in [0.3, 0.4) is 0 Å². The Morgan fingerprint density at radius 2 is 2.10 bits per heavy atom. The summed E-state index contributed by atoms with van der Waals surface area (Å²) in [5.74, 6) is 0.445. The molecule has 1 fully saturated rings. The molecule has 0 aliphatic carbocycles. The van der Waals surface area contributed by atoms with Gasteiger partial charge in [0.2, 0.25) is 5.91 Å². The van der Waals surface area contributed by atoms with Crippen LogP contribution in [0.15, 0.2) is 24.3 Å². The summed E-state index contributed by atoms with van der Waals surface area (Å²) in [5.41, 5.74) is 2.59. The van der Waals surface area contributed by atoms with Crippen molar-refractivity contribution < 1.29 is 4.79 Å². The molecule has 2 N–H and O–H groups in total. The molecule has 4 heteroatoms. The number of halogens is 1. The van der Waals surface area contributed by atoms with Gasteiger partial charge in [0.15, 0.2) is 0 Å². The van der Waals surface area contributed by atoms with Gasteiger partial charge in [-0.05, 0) is 36.4 Å². The molecule has 1 aliphatic rings. The Hall–Kier alpha value is -1.06. The quantitative estimate of drug-likeness (QED) is 0.877. The Morgan fingerprint density at radius 1 is 1.40 bits per heavy atom. The monoisotopic (exact) mass is 296 g/mol. The van der Waals surface area contributed by atoms with Gasteiger partial charge in [-0.3, -0.25) is 4.79 Å².